The molecule has 7 fully saturated rings. The Morgan fingerprint density at radius 3 is 2.10 bits per heavy atom. The molecular formula is C44H70O16. The topological polar surface area (TPSA) is 222 Å². The average Bonchev–Trinajstić information content (AvgIpc) is 3.76. The Hall–Kier alpha value is -1.35. The Bertz CT molecular complexity index is 1580. The molecule has 8 aliphatic rings. The van der Waals surface area contributed by atoms with E-state index >= 15 is 0 Å². The summed E-state index contributed by atoms with van der Waals surface area (Å²) in [6, 6.07) is 0. The summed E-state index contributed by atoms with van der Waals surface area (Å²) in [5.74, 6) is 0.526. The van der Waals surface area contributed by atoms with Crippen LogP contribution in [-0.4, -0.2) is 162 Å². The summed E-state index contributed by atoms with van der Waals surface area (Å²) < 4.78 is 54.3. The van der Waals surface area contributed by atoms with Crippen molar-refractivity contribution in [3.63, 3.8) is 0 Å². The van der Waals surface area contributed by atoms with Crippen LogP contribution in [0, 0.1) is 34.0 Å². The van der Waals surface area contributed by atoms with Gasteiger partial charge in [-0.1, -0.05) is 20.8 Å². The van der Waals surface area contributed by atoms with Crippen LogP contribution >= 0.6 is 0 Å². The Morgan fingerprint density at radius 2 is 1.42 bits per heavy atom. The molecule has 0 aromatic rings. The van der Waals surface area contributed by atoms with Crippen LogP contribution in [0.25, 0.3) is 0 Å². The molecule has 4 heterocycles. The number of carbonyl (C=O) groups excluding carboxylic acids is 1. The van der Waals surface area contributed by atoms with Crippen LogP contribution in [-0.2, 0) is 47.4 Å². The van der Waals surface area contributed by atoms with Gasteiger partial charge in [0.25, 0.3) is 0 Å². The van der Waals surface area contributed by atoms with Gasteiger partial charge in [-0.3, -0.25) is 0 Å². The minimum absolute atomic E-state index is 0.0149. The maximum atomic E-state index is 12.7. The summed E-state index contributed by atoms with van der Waals surface area (Å²) in [5.41, 5.74) is 0.0801. The molecule has 0 spiro atoms. The van der Waals surface area contributed by atoms with Gasteiger partial charge in [-0.2, -0.15) is 0 Å². The molecule has 16 heteroatoms. The van der Waals surface area contributed by atoms with Crippen LogP contribution in [0.1, 0.15) is 98.8 Å². The molecule has 6 N–H and O–H groups in total. The van der Waals surface area contributed by atoms with Crippen LogP contribution in [0.5, 0.6) is 0 Å². The minimum atomic E-state index is -1.64. The summed E-state index contributed by atoms with van der Waals surface area (Å²) in [6.45, 7) is 10.5. The van der Waals surface area contributed by atoms with Crippen molar-refractivity contribution in [1.82, 2.24) is 0 Å². The fraction of sp³-hybridized carbons (Fsp3) is 0.932. The second-order valence-electron chi connectivity index (χ2n) is 20.1. The highest BCUT2D eigenvalue weighted by Crippen LogP contribution is 2.72. The number of cyclic esters (lactones) is 1. The molecule has 22 atom stereocenters. The number of hydrogen-bond acceptors (Lipinski definition) is 16. The van der Waals surface area contributed by atoms with E-state index in [0.717, 1.165) is 63.4 Å². The molecule has 16 nitrogen and oxygen atoms in total. The average molecular weight is 855 g/mol. The summed E-state index contributed by atoms with van der Waals surface area (Å²) >= 11 is 0. The molecule has 3 saturated heterocycles. The SMILES string of the molecule is CO[C@H]1[C@H](O)[C@@H](O[C@@H]2[C@@H](C)O[C@@H](O[C@H]3CC[C@]4(C)[C@H]5CC[C@]6(C)[C@@H](C7=CC(=O)OC7)CC[C@]6(O)[C@@H]5CC[C@]4(C)C3)C[C@H]2OC)O[C@@H](C)[C@@H]1O[C@H]1O[C@@H](CO)[C@H](O)[C@@H](O)[C@H]1O. The molecule has 0 aromatic carbocycles. The molecule has 4 aliphatic heterocycles. The van der Waals surface area contributed by atoms with E-state index in [1.165, 1.54) is 7.11 Å². The maximum Gasteiger partial charge on any atom is 0.331 e. The van der Waals surface area contributed by atoms with Gasteiger partial charge >= 0.3 is 5.97 Å². The van der Waals surface area contributed by atoms with E-state index in [1.54, 1.807) is 20.1 Å². The van der Waals surface area contributed by atoms with Crippen molar-refractivity contribution in [2.24, 2.45) is 34.0 Å². The van der Waals surface area contributed by atoms with Gasteiger partial charge in [0.2, 0.25) is 0 Å². The van der Waals surface area contributed by atoms with Crippen molar-refractivity contribution in [3.05, 3.63) is 11.6 Å². The Labute approximate surface area is 353 Å². The largest absolute Gasteiger partial charge is 0.458 e. The van der Waals surface area contributed by atoms with Crippen molar-refractivity contribution < 1.29 is 78.1 Å². The summed E-state index contributed by atoms with van der Waals surface area (Å²) in [4.78, 5) is 12.0. The highest BCUT2D eigenvalue weighted by atomic mass is 16.8. The van der Waals surface area contributed by atoms with E-state index in [9.17, 15) is 35.4 Å². The first kappa shape index (κ1) is 45.2. The fourth-order valence-electron chi connectivity index (χ4n) is 13.6. The van der Waals surface area contributed by atoms with Crippen LogP contribution < -0.4 is 0 Å². The molecular weight excluding hydrogens is 784 g/mol. The first-order chi connectivity index (χ1) is 28.4. The maximum absolute atomic E-state index is 12.7. The van der Waals surface area contributed by atoms with Crippen LogP contribution in [0.4, 0.5) is 0 Å². The van der Waals surface area contributed by atoms with Crippen molar-refractivity contribution in [1.29, 1.82) is 0 Å². The van der Waals surface area contributed by atoms with Crippen LogP contribution in [0.3, 0.4) is 0 Å². The van der Waals surface area contributed by atoms with Gasteiger partial charge in [0.1, 0.15) is 55.4 Å². The van der Waals surface area contributed by atoms with Crippen LogP contribution in [0.15, 0.2) is 11.6 Å². The van der Waals surface area contributed by atoms with Gasteiger partial charge in [0.05, 0.1) is 36.6 Å². The predicted molar refractivity (Wildman–Crippen MR) is 210 cm³/mol. The standard InChI is InChI=1S/C44H70O16/c1-21-36(59-40-35(50)38(53-7)37(22(2)56-40)60-39-34(49)33(48)32(47)29(19-45)58-39)28(52-6)17-31(55-21)57-24-8-13-42(4)26-10-14-43(5)25(23-16-30(46)54-20-23)11-15-44(43,51)27(26)9-12-41(42,3)18-24/h16,21-22,24-29,31-40,45,47-51H,8-15,17-20H2,1-7H3/t21-,22+,24+,25-,26+,27-,28-,29+,31+,32+,33-,34-,35+,36-,37+,38+,39-,40-,41-,42-,43-,44+/m1/s1. The zero-order valence-electron chi connectivity index (χ0n) is 36.2. The zero-order chi connectivity index (χ0) is 43.1. The minimum Gasteiger partial charge on any atom is -0.458 e. The molecule has 8 rings (SSSR count). The van der Waals surface area contributed by atoms with Gasteiger partial charge in [-0.25, -0.2) is 4.79 Å². The van der Waals surface area contributed by atoms with E-state index in [1.807, 2.05) is 6.92 Å². The number of aliphatic hydroxyl groups is 6. The summed E-state index contributed by atoms with van der Waals surface area (Å²) in [6.07, 6.45) is -4.36. The number of aliphatic hydroxyl groups excluding tert-OH is 5. The lowest BCUT2D eigenvalue weighted by Crippen LogP contribution is -2.65. The molecule has 4 aliphatic carbocycles. The second kappa shape index (κ2) is 16.9. The molecule has 4 saturated carbocycles. The number of fused-ring (bicyclic) bond motifs is 5. The van der Waals surface area contributed by atoms with Gasteiger partial charge in [-0.05, 0) is 106 Å². The number of esters is 1. The lowest BCUT2D eigenvalue weighted by Gasteiger charge is -2.67. The van der Waals surface area contributed by atoms with E-state index in [4.69, 9.17) is 42.6 Å². The molecule has 0 aromatic heterocycles. The predicted octanol–water partition coefficient (Wildman–Crippen LogP) is 1.86. The van der Waals surface area contributed by atoms with E-state index in [0.29, 0.717) is 18.9 Å². The Kier molecular flexibility index (Phi) is 12.7. The van der Waals surface area contributed by atoms with E-state index < -0.39 is 98.2 Å². The number of carbonyl (C=O) groups is 1. The third-order valence-corrected chi connectivity index (χ3v) is 17.4. The normalized spacial score (nSPS) is 54.4. The van der Waals surface area contributed by atoms with Gasteiger partial charge in [-0.15, -0.1) is 0 Å². The molecule has 0 bridgehead atoms. The van der Waals surface area contributed by atoms with Gasteiger partial charge < -0.3 is 73.3 Å². The number of rotatable bonds is 10. The van der Waals surface area contributed by atoms with Crippen molar-refractivity contribution in [3.8, 4) is 0 Å². The lowest BCUT2D eigenvalue weighted by molar-refractivity contribution is -0.371. The fourth-order valence-corrected chi connectivity index (χ4v) is 13.6. The third-order valence-electron chi connectivity index (χ3n) is 17.4. The van der Waals surface area contributed by atoms with E-state index in [2.05, 4.69) is 20.8 Å². The molecule has 0 unspecified atom stereocenters. The summed E-state index contributed by atoms with van der Waals surface area (Å²) in [5, 5.41) is 64.8. The van der Waals surface area contributed by atoms with Gasteiger partial charge in [0, 0.05) is 32.1 Å². The zero-order valence-corrected chi connectivity index (χ0v) is 36.2. The van der Waals surface area contributed by atoms with Crippen molar-refractivity contribution >= 4 is 5.97 Å². The molecule has 342 valence electrons. The van der Waals surface area contributed by atoms with Gasteiger partial charge in [0.15, 0.2) is 18.9 Å². The molecule has 0 radical (unpaired) electrons. The summed E-state index contributed by atoms with van der Waals surface area (Å²) in [7, 11) is 3.01. The van der Waals surface area contributed by atoms with Crippen LogP contribution in [0.2, 0.25) is 0 Å². The molecule has 0 amide bonds. The monoisotopic (exact) mass is 854 g/mol. The van der Waals surface area contributed by atoms with Crippen molar-refractivity contribution in [2.45, 2.75) is 197 Å². The number of hydrogen-bond donors (Lipinski definition) is 6. The number of methoxy groups -OCH3 is 2. The lowest BCUT2D eigenvalue weighted by atomic mass is 9.39. The van der Waals surface area contributed by atoms with Crippen molar-refractivity contribution in [2.75, 3.05) is 27.4 Å². The second-order valence-corrected chi connectivity index (χ2v) is 20.1. The highest BCUT2D eigenvalue weighted by molar-refractivity contribution is 5.85. The number of ether oxygens (including phenoxy) is 9. The Morgan fingerprint density at radius 1 is 0.733 bits per heavy atom. The Balaban J connectivity index is 0.877. The van der Waals surface area contributed by atoms with E-state index in [-0.39, 0.29) is 40.2 Å². The smallest absolute Gasteiger partial charge is 0.331 e. The quantitative estimate of drug-likeness (QED) is 0.136. The highest BCUT2D eigenvalue weighted by Gasteiger charge is 2.69. The molecule has 60 heavy (non-hydrogen) atoms. The first-order valence-corrected chi connectivity index (χ1v) is 22.3. The third kappa shape index (κ3) is 7.34. The first-order valence-electron chi connectivity index (χ1n) is 22.3.